The molecule has 0 radical (unpaired) electrons. The summed E-state index contributed by atoms with van der Waals surface area (Å²) in [6.45, 7) is 4.94. The van der Waals surface area contributed by atoms with Gasteiger partial charge in [-0.3, -0.25) is 0 Å². The largest absolute Gasteiger partial charge is 0.388 e. The molecule has 0 fully saturated rings. The Morgan fingerprint density at radius 1 is 1.38 bits per heavy atom. The zero-order chi connectivity index (χ0) is 11.5. The van der Waals surface area contributed by atoms with Gasteiger partial charge in [0.15, 0.2) is 0 Å². The topological polar surface area (TPSA) is 25.2 Å². The molecule has 2 aromatic rings. The fourth-order valence-corrected chi connectivity index (χ4v) is 2.37. The van der Waals surface area contributed by atoms with Crippen molar-refractivity contribution in [1.82, 2.24) is 4.57 Å². The highest BCUT2D eigenvalue weighted by molar-refractivity contribution is 7.07. The van der Waals surface area contributed by atoms with E-state index in [1.807, 2.05) is 32.3 Å². The van der Waals surface area contributed by atoms with Crippen molar-refractivity contribution < 1.29 is 5.11 Å². The van der Waals surface area contributed by atoms with Gasteiger partial charge in [0.25, 0.3) is 0 Å². The van der Waals surface area contributed by atoms with E-state index in [9.17, 15) is 5.11 Å². The molecule has 0 bridgehead atoms. The summed E-state index contributed by atoms with van der Waals surface area (Å²) >= 11 is 1.71. The van der Waals surface area contributed by atoms with Crippen LogP contribution in [0.1, 0.15) is 31.1 Å². The van der Waals surface area contributed by atoms with E-state index in [1.165, 1.54) is 5.56 Å². The molecule has 2 aromatic heterocycles. The van der Waals surface area contributed by atoms with E-state index >= 15 is 0 Å². The molecule has 2 rings (SSSR count). The second kappa shape index (κ2) is 4.85. The quantitative estimate of drug-likeness (QED) is 0.864. The fraction of sp³-hybridized carbons (Fsp3) is 0.385. The van der Waals surface area contributed by atoms with Crippen LogP contribution < -0.4 is 0 Å². The van der Waals surface area contributed by atoms with Crippen molar-refractivity contribution >= 4 is 11.3 Å². The lowest BCUT2D eigenvalue weighted by molar-refractivity contribution is 0.127. The smallest absolute Gasteiger partial charge is 0.0827 e. The predicted molar refractivity (Wildman–Crippen MR) is 67.7 cm³/mol. The molecule has 0 saturated carbocycles. The van der Waals surface area contributed by atoms with Gasteiger partial charge in [0.1, 0.15) is 0 Å². The molecule has 0 aliphatic heterocycles. The number of thiophene rings is 1. The van der Waals surface area contributed by atoms with E-state index in [4.69, 9.17) is 0 Å². The Kier molecular flexibility index (Phi) is 3.46. The van der Waals surface area contributed by atoms with Gasteiger partial charge in [-0.2, -0.15) is 11.3 Å². The van der Waals surface area contributed by atoms with Crippen LogP contribution in [-0.4, -0.2) is 9.67 Å². The van der Waals surface area contributed by atoms with Gasteiger partial charge in [0.05, 0.1) is 6.10 Å². The van der Waals surface area contributed by atoms with Crippen molar-refractivity contribution in [1.29, 1.82) is 0 Å². The van der Waals surface area contributed by atoms with E-state index in [1.54, 1.807) is 11.3 Å². The van der Waals surface area contributed by atoms with Crippen LogP contribution >= 0.6 is 11.3 Å². The van der Waals surface area contributed by atoms with Crippen molar-refractivity contribution in [3.63, 3.8) is 0 Å². The van der Waals surface area contributed by atoms with Gasteiger partial charge < -0.3 is 9.67 Å². The fourth-order valence-electron chi connectivity index (χ4n) is 1.71. The van der Waals surface area contributed by atoms with Crippen molar-refractivity contribution in [2.24, 2.45) is 5.92 Å². The van der Waals surface area contributed by atoms with Crippen LogP contribution in [0.2, 0.25) is 0 Å². The van der Waals surface area contributed by atoms with E-state index in [0.717, 1.165) is 12.1 Å². The lowest BCUT2D eigenvalue weighted by Gasteiger charge is -2.12. The second-order valence-corrected chi connectivity index (χ2v) is 5.22. The molecule has 86 valence electrons. The highest BCUT2D eigenvalue weighted by Crippen LogP contribution is 2.21. The van der Waals surface area contributed by atoms with Gasteiger partial charge in [-0.15, -0.1) is 0 Å². The average Bonchev–Trinajstić information content (AvgIpc) is 2.88. The van der Waals surface area contributed by atoms with Crippen LogP contribution in [0.5, 0.6) is 0 Å². The minimum Gasteiger partial charge on any atom is -0.388 e. The van der Waals surface area contributed by atoms with E-state index < -0.39 is 0 Å². The SMILES string of the molecule is CC(C)C(O)c1ccn(Cc2ccsc2)c1. The van der Waals surface area contributed by atoms with Gasteiger partial charge in [0.2, 0.25) is 0 Å². The predicted octanol–water partition coefficient (Wildman–Crippen LogP) is 3.29. The zero-order valence-electron chi connectivity index (χ0n) is 9.63. The van der Waals surface area contributed by atoms with Gasteiger partial charge in [0, 0.05) is 18.9 Å². The highest BCUT2D eigenvalue weighted by Gasteiger charge is 2.12. The minimum atomic E-state index is -0.358. The monoisotopic (exact) mass is 235 g/mol. The second-order valence-electron chi connectivity index (χ2n) is 4.44. The number of hydrogen-bond acceptors (Lipinski definition) is 2. The summed E-state index contributed by atoms with van der Waals surface area (Å²) in [6, 6.07) is 4.13. The van der Waals surface area contributed by atoms with Crippen molar-refractivity contribution in [2.75, 3.05) is 0 Å². The Balaban J connectivity index is 2.08. The van der Waals surface area contributed by atoms with E-state index in [-0.39, 0.29) is 12.0 Å². The maximum Gasteiger partial charge on any atom is 0.0827 e. The van der Waals surface area contributed by atoms with Gasteiger partial charge in [-0.25, -0.2) is 0 Å². The number of hydrogen-bond donors (Lipinski definition) is 1. The average molecular weight is 235 g/mol. The van der Waals surface area contributed by atoms with Crippen molar-refractivity contribution in [3.05, 3.63) is 46.4 Å². The molecular formula is C13H17NOS. The summed E-state index contributed by atoms with van der Waals surface area (Å²) < 4.78 is 2.11. The lowest BCUT2D eigenvalue weighted by Crippen LogP contribution is -2.04. The maximum absolute atomic E-state index is 9.93. The molecule has 0 aromatic carbocycles. The summed E-state index contributed by atoms with van der Waals surface area (Å²) in [4.78, 5) is 0. The van der Waals surface area contributed by atoms with Gasteiger partial charge >= 0.3 is 0 Å². The molecule has 0 amide bonds. The third-order valence-electron chi connectivity index (χ3n) is 2.69. The van der Waals surface area contributed by atoms with Crippen LogP contribution in [0.3, 0.4) is 0 Å². The first-order chi connectivity index (χ1) is 7.66. The normalized spacial score (nSPS) is 13.2. The zero-order valence-corrected chi connectivity index (χ0v) is 10.4. The third-order valence-corrected chi connectivity index (χ3v) is 3.42. The van der Waals surface area contributed by atoms with E-state index in [2.05, 4.69) is 21.4 Å². The molecule has 2 heterocycles. The van der Waals surface area contributed by atoms with Gasteiger partial charge in [-0.05, 0) is 39.9 Å². The molecule has 3 heteroatoms. The molecule has 2 nitrogen and oxygen atoms in total. The number of aliphatic hydroxyl groups excluding tert-OH is 1. The first-order valence-corrected chi connectivity index (χ1v) is 6.46. The van der Waals surface area contributed by atoms with Crippen LogP contribution in [0.25, 0.3) is 0 Å². The summed E-state index contributed by atoms with van der Waals surface area (Å²) in [5, 5.41) is 14.2. The number of aliphatic hydroxyl groups is 1. The summed E-state index contributed by atoms with van der Waals surface area (Å²) in [6.07, 6.45) is 3.70. The highest BCUT2D eigenvalue weighted by atomic mass is 32.1. The third kappa shape index (κ3) is 2.54. The minimum absolute atomic E-state index is 0.261. The molecule has 1 unspecified atom stereocenters. The molecule has 16 heavy (non-hydrogen) atoms. The van der Waals surface area contributed by atoms with Crippen molar-refractivity contribution in [2.45, 2.75) is 26.5 Å². The molecule has 0 aliphatic carbocycles. The van der Waals surface area contributed by atoms with Crippen LogP contribution in [0.15, 0.2) is 35.3 Å². The Hall–Kier alpha value is -1.06. The Labute approximate surface area is 100 Å². The Morgan fingerprint density at radius 3 is 2.81 bits per heavy atom. The first kappa shape index (κ1) is 11.4. The van der Waals surface area contributed by atoms with Crippen LogP contribution in [0, 0.1) is 5.92 Å². The summed E-state index contributed by atoms with van der Waals surface area (Å²) in [5.41, 5.74) is 2.32. The first-order valence-electron chi connectivity index (χ1n) is 5.51. The molecule has 1 N–H and O–H groups in total. The number of aromatic nitrogens is 1. The standard InChI is InChI=1S/C13H17NOS/c1-10(2)13(15)12-3-5-14(8-12)7-11-4-6-16-9-11/h3-6,8-10,13,15H,7H2,1-2H3. The molecular weight excluding hydrogens is 218 g/mol. The van der Waals surface area contributed by atoms with E-state index in [0.29, 0.717) is 0 Å². The van der Waals surface area contributed by atoms with Crippen LogP contribution in [-0.2, 0) is 6.54 Å². The summed E-state index contributed by atoms with van der Waals surface area (Å²) in [5.74, 6) is 0.261. The van der Waals surface area contributed by atoms with Gasteiger partial charge in [-0.1, -0.05) is 13.8 Å². The molecule has 1 atom stereocenters. The number of nitrogens with zero attached hydrogens (tertiary/aromatic N) is 1. The number of rotatable bonds is 4. The molecule has 0 spiro atoms. The summed E-state index contributed by atoms with van der Waals surface area (Å²) in [7, 11) is 0. The van der Waals surface area contributed by atoms with Crippen molar-refractivity contribution in [3.8, 4) is 0 Å². The Bertz CT molecular complexity index is 430. The lowest BCUT2D eigenvalue weighted by atomic mass is 10.0. The van der Waals surface area contributed by atoms with Crippen LogP contribution in [0.4, 0.5) is 0 Å². The molecule has 0 saturated heterocycles. The Morgan fingerprint density at radius 2 is 2.19 bits per heavy atom. The maximum atomic E-state index is 9.93. The molecule has 0 aliphatic rings.